The summed E-state index contributed by atoms with van der Waals surface area (Å²) in [5.74, 6) is 0.913. The molecule has 2 aromatic rings. The Morgan fingerprint density at radius 2 is 2.39 bits per heavy atom. The molecule has 0 aliphatic rings. The highest BCUT2D eigenvalue weighted by Crippen LogP contribution is 2.20. The summed E-state index contributed by atoms with van der Waals surface area (Å²) in [7, 11) is 1.96. The lowest BCUT2D eigenvalue weighted by Gasteiger charge is -2.04. The summed E-state index contributed by atoms with van der Waals surface area (Å²) in [5, 5.41) is 12.6. The third-order valence-electron chi connectivity index (χ3n) is 2.48. The molecule has 0 aliphatic heterocycles. The third kappa shape index (κ3) is 2.84. The average molecular weight is 262 g/mol. The number of nitrogens with two attached hydrogens (primary N) is 1. The summed E-state index contributed by atoms with van der Waals surface area (Å²) in [4.78, 5) is 4.24. The fourth-order valence-electron chi connectivity index (χ4n) is 1.52. The van der Waals surface area contributed by atoms with Gasteiger partial charge >= 0.3 is 0 Å². The van der Waals surface area contributed by atoms with Crippen molar-refractivity contribution in [2.75, 3.05) is 0 Å². The fourth-order valence-corrected chi connectivity index (χ4v) is 2.39. The Labute approximate surface area is 109 Å². The minimum absolute atomic E-state index is 0.124. The lowest BCUT2D eigenvalue weighted by atomic mass is 10.1. The molecule has 0 radical (unpaired) electrons. The Bertz CT molecular complexity index is 565. The van der Waals surface area contributed by atoms with E-state index in [1.54, 1.807) is 18.0 Å². The first-order valence-corrected chi connectivity index (χ1v) is 6.36. The van der Waals surface area contributed by atoms with Crippen LogP contribution in [0.1, 0.15) is 11.1 Å². The predicted molar refractivity (Wildman–Crippen MR) is 71.7 cm³/mol. The normalized spacial score (nSPS) is 11.7. The van der Waals surface area contributed by atoms with Crippen LogP contribution in [0.25, 0.3) is 0 Å². The molecule has 3 N–H and O–H groups in total. The van der Waals surface area contributed by atoms with Crippen molar-refractivity contribution in [3.63, 3.8) is 0 Å². The smallest absolute Gasteiger partial charge is 0.170 e. The summed E-state index contributed by atoms with van der Waals surface area (Å²) in [6.07, 6.45) is 3.68. The van der Waals surface area contributed by atoms with E-state index in [1.807, 2.05) is 42.1 Å². The van der Waals surface area contributed by atoms with Crippen molar-refractivity contribution in [2.24, 2.45) is 17.9 Å². The van der Waals surface area contributed by atoms with Crippen LogP contribution in [0.2, 0.25) is 0 Å². The Morgan fingerprint density at radius 1 is 1.56 bits per heavy atom. The molecule has 0 atom stereocenters. The molecule has 2 rings (SSSR count). The number of nitrogens with zero attached hydrogens (tertiary/aromatic N) is 3. The van der Waals surface area contributed by atoms with E-state index in [0.717, 1.165) is 22.0 Å². The summed E-state index contributed by atoms with van der Waals surface area (Å²) in [6, 6.07) is 7.61. The van der Waals surface area contributed by atoms with E-state index in [2.05, 4.69) is 10.1 Å². The molecule has 0 spiro atoms. The second-order valence-electron chi connectivity index (χ2n) is 3.80. The van der Waals surface area contributed by atoms with Gasteiger partial charge in [0.25, 0.3) is 0 Å². The zero-order chi connectivity index (χ0) is 13.0. The zero-order valence-corrected chi connectivity index (χ0v) is 10.8. The molecule has 0 aliphatic carbocycles. The van der Waals surface area contributed by atoms with Crippen LogP contribution in [-0.4, -0.2) is 20.6 Å². The molecule has 0 unspecified atom stereocenters. The highest BCUT2D eigenvalue weighted by Gasteiger charge is 2.03. The quantitative estimate of drug-likeness (QED) is 0.290. The van der Waals surface area contributed by atoms with Crippen LogP contribution in [-0.2, 0) is 12.8 Å². The molecular weight excluding hydrogens is 248 g/mol. The minimum atomic E-state index is 0.124. The van der Waals surface area contributed by atoms with Crippen LogP contribution in [0, 0.1) is 0 Å². The minimum Gasteiger partial charge on any atom is -0.409 e. The molecule has 0 saturated heterocycles. The van der Waals surface area contributed by atoms with Crippen LogP contribution in [0.4, 0.5) is 0 Å². The van der Waals surface area contributed by atoms with Crippen LogP contribution >= 0.6 is 11.8 Å². The highest BCUT2D eigenvalue weighted by molar-refractivity contribution is 7.98. The Kier molecular flexibility index (Phi) is 3.88. The van der Waals surface area contributed by atoms with E-state index in [0.29, 0.717) is 0 Å². The van der Waals surface area contributed by atoms with Gasteiger partial charge in [-0.2, -0.15) is 0 Å². The molecule has 18 heavy (non-hydrogen) atoms. The summed E-state index contributed by atoms with van der Waals surface area (Å²) < 4.78 is 1.97. The van der Waals surface area contributed by atoms with Crippen molar-refractivity contribution in [1.82, 2.24) is 9.55 Å². The Morgan fingerprint density at radius 3 is 3.06 bits per heavy atom. The average Bonchev–Trinajstić information content (AvgIpc) is 2.81. The topological polar surface area (TPSA) is 76.4 Å². The number of amidine groups is 1. The van der Waals surface area contributed by atoms with Gasteiger partial charge < -0.3 is 15.5 Å². The van der Waals surface area contributed by atoms with Gasteiger partial charge in [-0.15, -0.1) is 0 Å². The maximum Gasteiger partial charge on any atom is 0.170 e. The van der Waals surface area contributed by atoms with E-state index in [1.165, 1.54) is 0 Å². The summed E-state index contributed by atoms with van der Waals surface area (Å²) >= 11 is 1.64. The highest BCUT2D eigenvalue weighted by atomic mass is 32.2. The molecule has 94 valence electrons. The van der Waals surface area contributed by atoms with Crippen molar-refractivity contribution in [2.45, 2.75) is 10.9 Å². The van der Waals surface area contributed by atoms with Gasteiger partial charge in [0.05, 0.1) is 0 Å². The molecule has 6 heteroatoms. The molecule has 0 bridgehead atoms. The van der Waals surface area contributed by atoms with Gasteiger partial charge in [-0.25, -0.2) is 4.98 Å². The maximum absolute atomic E-state index is 8.64. The third-order valence-corrected chi connectivity index (χ3v) is 3.60. The number of aromatic nitrogens is 2. The van der Waals surface area contributed by atoms with Gasteiger partial charge in [0.1, 0.15) is 0 Å². The maximum atomic E-state index is 8.64. The van der Waals surface area contributed by atoms with Gasteiger partial charge in [0.2, 0.25) is 0 Å². The van der Waals surface area contributed by atoms with Gasteiger partial charge in [-0.1, -0.05) is 35.1 Å². The Balaban J connectivity index is 2.08. The SMILES string of the molecule is Cn1ccnc1SCc1cccc(/C(N)=N/O)c1. The van der Waals surface area contributed by atoms with E-state index in [9.17, 15) is 0 Å². The number of oxime groups is 1. The van der Waals surface area contributed by atoms with Crippen molar-refractivity contribution >= 4 is 17.6 Å². The fraction of sp³-hybridized carbons (Fsp3) is 0.167. The first kappa shape index (κ1) is 12.5. The van der Waals surface area contributed by atoms with E-state index in [4.69, 9.17) is 10.9 Å². The molecule has 5 nitrogen and oxygen atoms in total. The number of thioether (sulfide) groups is 1. The number of aryl methyl sites for hydroxylation is 1. The second-order valence-corrected chi connectivity index (χ2v) is 4.74. The molecule has 1 heterocycles. The van der Waals surface area contributed by atoms with E-state index in [-0.39, 0.29) is 5.84 Å². The molecular formula is C12H14N4OS. The first-order valence-electron chi connectivity index (χ1n) is 5.37. The predicted octanol–water partition coefficient (Wildman–Crippen LogP) is 1.81. The number of rotatable bonds is 4. The van der Waals surface area contributed by atoms with Crippen LogP contribution in [0.3, 0.4) is 0 Å². The van der Waals surface area contributed by atoms with Crippen LogP contribution in [0.5, 0.6) is 0 Å². The summed E-state index contributed by atoms with van der Waals surface area (Å²) in [5.41, 5.74) is 7.38. The zero-order valence-electron chi connectivity index (χ0n) is 9.95. The van der Waals surface area contributed by atoms with Crippen molar-refractivity contribution in [1.29, 1.82) is 0 Å². The first-order chi connectivity index (χ1) is 8.70. The van der Waals surface area contributed by atoms with Crippen LogP contribution < -0.4 is 5.73 Å². The Hall–Kier alpha value is -1.95. The summed E-state index contributed by atoms with van der Waals surface area (Å²) in [6.45, 7) is 0. The number of benzene rings is 1. The number of hydrogen-bond donors (Lipinski definition) is 2. The monoisotopic (exact) mass is 262 g/mol. The van der Waals surface area contributed by atoms with Gasteiger partial charge in [0, 0.05) is 30.8 Å². The molecule has 0 saturated carbocycles. The van der Waals surface area contributed by atoms with Crippen molar-refractivity contribution < 1.29 is 5.21 Å². The molecule has 0 fully saturated rings. The number of imidazole rings is 1. The van der Waals surface area contributed by atoms with Gasteiger partial charge in [-0.3, -0.25) is 0 Å². The van der Waals surface area contributed by atoms with Crippen molar-refractivity contribution in [3.8, 4) is 0 Å². The largest absolute Gasteiger partial charge is 0.409 e. The van der Waals surface area contributed by atoms with Crippen molar-refractivity contribution in [3.05, 3.63) is 47.8 Å². The number of hydrogen-bond acceptors (Lipinski definition) is 4. The molecule has 0 amide bonds. The second kappa shape index (κ2) is 5.59. The van der Waals surface area contributed by atoms with E-state index >= 15 is 0 Å². The van der Waals surface area contributed by atoms with E-state index < -0.39 is 0 Å². The lowest BCUT2D eigenvalue weighted by molar-refractivity contribution is 0.318. The van der Waals surface area contributed by atoms with Gasteiger partial charge in [0.15, 0.2) is 11.0 Å². The standard InChI is InChI=1S/C12H14N4OS/c1-16-6-5-14-12(16)18-8-9-3-2-4-10(7-9)11(13)15-17/h2-7,17H,8H2,1H3,(H2,13,15). The van der Waals surface area contributed by atoms with Gasteiger partial charge in [-0.05, 0) is 11.6 Å². The van der Waals surface area contributed by atoms with Crippen LogP contribution in [0.15, 0.2) is 47.0 Å². The molecule has 1 aromatic heterocycles. The lowest BCUT2D eigenvalue weighted by Crippen LogP contribution is -2.13. The molecule has 1 aromatic carbocycles.